The molecule has 0 amide bonds. The molecule has 0 saturated carbocycles. The summed E-state index contributed by atoms with van der Waals surface area (Å²) in [6, 6.07) is 0. The SMILES string of the molecule is CC1=C(C(=O)OC(=O)C2=C(C)CC2)CC1.O=C(O)/C=C\C(=O)O. The highest BCUT2D eigenvalue weighted by atomic mass is 16.6. The molecular formula is C16H18O7. The first-order chi connectivity index (χ1) is 10.7. The lowest BCUT2D eigenvalue weighted by molar-refractivity contribution is -0.154. The van der Waals surface area contributed by atoms with E-state index in [9.17, 15) is 19.2 Å². The first kappa shape index (κ1) is 18.3. The number of rotatable bonds is 4. The molecule has 2 rings (SSSR count). The van der Waals surface area contributed by atoms with Crippen LogP contribution in [0.1, 0.15) is 39.5 Å². The third-order valence-electron chi connectivity index (χ3n) is 3.58. The lowest BCUT2D eigenvalue weighted by atomic mass is 9.89. The van der Waals surface area contributed by atoms with Crippen molar-refractivity contribution < 1.29 is 34.1 Å². The lowest BCUT2D eigenvalue weighted by Gasteiger charge is -2.21. The smallest absolute Gasteiger partial charge is 0.341 e. The van der Waals surface area contributed by atoms with Crippen molar-refractivity contribution >= 4 is 23.9 Å². The second-order valence-electron chi connectivity index (χ2n) is 5.20. The quantitative estimate of drug-likeness (QED) is 0.461. The van der Waals surface area contributed by atoms with Crippen LogP contribution in [0.15, 0.2) is 34.4 Å². The van der Waals surface area contributed by atoms with E-state index in [1.807, 2.05) is 13.8 Å². The summed E-state index contributed by atoms with van der Waals surface area (Å²) in [7, 11) is 0. The first-order valence-corrected chi connectivity index (χ1v) is 7.00. The van der Waals surface area contributed by atoms with Crippen LogP contribution in [-0.4, -0.2) is 34.1 Å². The predicted molar refractivity (Wildman–Crippen MR) is 79.4 cm³/mol. The van der Waals surface area contributed by atoms with Crippen molar-refractivity contribution in [3.63, 3.8) is 0 Å². The van der Waals surface area contributed by atoms with Gasteiger partial charge in [-0.1, -0.05) is 11.1 Å². The molecule has 7 heteroatoms. The van der Waals surface area contributed by atoms with E-state index >= 15 is 0 Å². The van der Waals surface area contributed by atoms with Gasteiger partial charge in [0.15, 0.2) is 0 Å². The molecule has 2 aliphatic rings. The van der Waals surface area contributed by atoms with Crippen LogP contribution in [0.25, 0.3) is 0 Å². The van der Waals surface area contributed by atoms with E-state index in [2.05, 4.69) is 0 Å². The fourth-order valence-corrected chi connectivity index (χ4v) is 1.90. The highest BCUT2D eigenvalue weighted by Gasteiger charge is 2.28. The van der Waals surface area contributed by atoms with Gasteiger partial charge < -0.3 is 14.9 Å². The summed E-state index contributed by atoms with van der Waals surface area (Å²) < 4.78 is 4.81. The van der Waals surface area contributed by atoms with Crippen molar-refractivity contribution in [2.45, 2.75) is 39.5 Å². The summed E-state index contributed by atoms with van der Waals surface area (Å²) >= 11 is 0. The van der Waals surface area contributed by atoms with E-state index in [1.165, 1.54) is 0 Å². The van der Waals surface area contributed by atoms with Gasteiger partial charge in [0.2, 0.25) is 0 Å². The molecule has 0 fully saturated rings. The zero-order valence-electron chi connectivity index (χ0n) is 12.9. The molecule has 0 saturated heterocycles. The molecule has 0 atom stereocenters. The van der Waals surface area contributed by atoms with Gasteiger partial charge in [0.25, 0.3) is 0 Å². The van der Waals surface area contributed by atoms with Crippen molar-refractivity contribution in [3.8, 4) is 0 Å². The molecule has 0 aromatic heterocycles. The number of carboxylic acids is 2. The summed E-state index contributed by atoms with van der Waals surface area (Å²) in [5, 5.41) is 15.6. The number of hydrogen-bond donors (Lipinski definition) is 2. The number of allylic oxidation sites excluding steroid dienone is 2. The van der Waals surface area contributed by atoms with E-state index in [-0.39, 0.29) is 0 Å². The molecule has 0 heterocycles. The third-order valence-corrected chi connectivity index (χ3v) is 3.58. The fraction of sp³-hybridized carbons (Fsp3) is 0.375. The fourth-order valence-electron chi connectivity index (χ4n) is 1.90. The Morgan fingerprint density at radius 2 is 1.13 bits per heavy atom. The molecule has 0 aliphatic heterocycles. The predicted octanol–water partition coefficient (Wildman–Crippen LogP) is 1.99. The average molecular weight is 322 g/mol. The lowest BCUT2D eigenvalue weighted by Crippen LogP contribution is -2.23. The normalized spacial score (nSPS) is 16.1. The number of carbonyl (C=O) groups excluding carboxylic acids is 2. The van der Waals surface area contributed by atoms with E-state index < -0.39 is 23.9 Å². The van der Waals surface area contributed by atoms with Crippen LogP contribution in [0.5, 0.6) is 0 Å². The highest BCUT2D eigenvalue weighted by molar-refractivity contribution is 6.03. The van der Waals surface area contributed by atoms with Gasteiger partial charge in [0.1, 0.15) is 0 Å². The largest absolute Gasteiger partial charge is 0.478 e. The van der Waals surface area contributed by atoms with Gasteiger partial charge in [-0.3, -0.25) is 0 Å². The van der Waals surface area contributed by atoms with Gasteiger partial charge in [-0.25, -0.2) is 19.2 Å². The molecule has 7 nitrogen and oxygen atoms in total. The summed E-state index contributed by atoms with van der Waals surface area (Å²) in [5.74, 6) is -3.41. The molecule has 23 heavy (non-hydrogen) atoms. The molecule has 2 N–H and O–H groups in total. The summed E-state index contributed by atoms with van der Waals surface area (Å²) in [5.41, 5.74) is 3.46. The van der Waals surface area contributed by atoms with Crippen LogP contribution in [0.2, 0.25) is 0 Å². The highest BCUT2D eigenvalue weighted by Crippen LogP contribution is 2.31. The molecule has 2 aliphatic carbocycles. The summed E-state index contributed by atoms with van der Waals surface area (Å²) in [6.45, 7) is 3.80. The molecular weight excluding hydrogens is 304 g/mol. The van der Waals surface area contributed by atoms with Crippen molar-refractivity contribution in [1.29, 1.82) is 0 Å². The topological polar surface area (TPSA) is 118 Å². The van der Waals surface area contributed by atoms with Gasteiger partial charge in [0.05, 0.1) is 0 Å². The second-order valence-corrected chi connectivity index (χ2v) is 5.20. The molecule has 0 aromatic carbocycles. The van der Waals surface area contributed by atoms with Gasteiger partial charge in [-0.15, -0.1) is 0 Å². The maximum Gasteiger partial charge on any atom is 0.341 e. The molecule has 0 radical (unpaired) electrons. The van der Waals surface area contributed by atoms with Crippen molar-refractivity contribution in [1.82, 2.24) is 0 Å². The molecule has 0 spiro atoms. The van der Waals surface area contributed by atoms with Crippen LogP contribution in [-0.2, 0) is 23.9 Å². The van der Waals surface area contributed by atoms with Gasteiger partial charge in [-0.2, -0.15) is 0 Å². The minimum Gasteiger partial charge on any atom is -0.478 e. The number of carboxylic acid groups (broad SMARTS) is 2. The Labute approximate surface area is 132 Å². The molecule has 0 bridgehead atoms. The van der Waals surface area contributed by atoms with Crippen molar-refractivity contribution in [3.05, 3.63) is 34.4 Å². The Morgan fingerprint density at radius 3 is 1.30 bits per heavy atom. The van der Waals surface area contributed by atoms with Crippen LogP contribution < -0.4 is 0 Å². The van der Waals surface area contributed by atoms with E-state index in [4.69, 9.17) is 14.9 Å². The Balaban J connectivity index is 0.000000284. The van der Waals surface area contributed by atoms with Crippen LogP contribution in [0.3, 0.4) is 0 Å². The Bertz CT molecular complexity index is 581. The van der Waals surface area contributed by atoms with E-state index in [1.54, 1.807) is 0 Å². The van der Waals surface area contributed by atoms with E-state index in [0.717, 1.165) is 36.8 Å². The third kappa shape index (κ3) is 5.54. The Kier molecular flexibility index (Phi) is 6.44. The van der Waals surface area contributed by atoms with Gasteiger partial charge >= 0.3 is 23.9 Å². The molecule has 0 aromatic rings. The minimum absolute atomic E-state index is 0.448. The van der Waals surface area contributed by atoms with Gasteiger partial charge in [-0.05, 0) is 39.5 Å². The Morgan fingerprint density at radius 1 is 0.783 bits per heavy atom. The number of aliphatic carboxylic acids is 2. The van der Waals surface area contributed by atoms with Gasteiger partial charge in [0, 0.05) is 23.3 Å². The second kappa shape index (κ2) is 8.07. The molecule has 124 valence electrons. The number of carbonyl (C=O) groups is 4. The number of hydrogen-bond acceptors (Lipinski definition) is 5. The standard InChI is InChI=1S/C12H14O3.C4H4O4/c1-7-3-5-9(7)11(13)15-12(14)10-6-4-8(10)2;5-3(6)1-2-4(7)8/h3-6H2,1-2H3;1-2H,(H,5,6)(H,7,8)/b;2-1-. The number of esters is 2. The zero-order valence-corrected chi connectivity index (χ0v) is 12.9. The Hall–Kier alpha value is -2.70. The number of ether oxygens (including phenoxy) is 1. The van der Waals surface area contributed by atoms with Crippen LogP contribution in [0.4, 0.5) is 0 Å². The zero-order chi connectivity index (χ0) is 17.6. The van der Waals surface area contributed by atoms with Crippen molar-refractivity contribution in [2.24, 2.45) is 0 Å². The van der Waals surface area contributed by atoms with E-state index in [0.29, 0.717) is 23.3 Å². The summed E-state index contributed by atoms with van der Waals surface area (Å²) in [4.78, 5) is 42.1. The van der Waals surface area contributed by atoms with Crippen LogP contribution in [0, 0.1) is 0 Å². The average Bonchev–Trinajstić information content (AvgIpc) is 2.42. The van der Waals surface area contributed by atoms with Crippen molar-refractivity contribution in [2.75, 3.05) is 0 Å². The van der Waals surface area contributed by atoms with Crippen LogP contribution >= 0.6 is 0 Å². The monoisotopic (exact) mass is 322 g/mol. The maximum absolute atomic E-state index is 11.5. The maximum atomic E-state index is 11.5. The minimum atomic E-state index is -1.26. The first-order valence-electron chi connectivity index (χ1n) is 7.00. The summed E-state index contributed by atoms with van der Waals surface area (Å²) in [6.07, 6.45) is 4.50. The molecule has 0 unspecified atom stereocenters.